The molecule has 3 rings (SSSR count). The van der Waals surface area contributed by atoms with Crippen molar-refractivity contribution in [3.8, 4) is 5.75 Å². The Kier molecular flexibility index (Phi) is 9.39. The normalized spacial score (nSPS) is 15.7. The predicted molar refractivity (Wildman–Crippen MR) is 129 cm³/mol. The third kappa shape index (κ3) is 7.51. The molecule has 1 aliphatic rings. The Morgan fingerprint density at radius 2 is 1.78 bits per heavy atom. The van der Waals surface area contributed by atoms with Crippen LogP contribution in [-0.2, 0) is 16.1 Å². The largest absolute Gasteiger partial charge is 0.497 e. The van der Waals surface area contributed by atoms with Crippen molar-refractivity contribution in [1.29, 1.82) is 0 Å². The van der Waals surface area contributed by atoms with Gasteiger partial charge in [-0.25, -0.2) is 0 Å². The van der Waals surface area contributed by atoms with Crippen molar-refractivity contribution in [2.75, 3.05) is 39.8 Å². The molecule has 32 heavy (non-hydrogen) atoms. The lowest BCUT2D eigenvalue weighted by Gasteiger charge is -2.36. The van der Waals surface area contributed by atoms with E-state index in [-0.39, 0.29) is 12.0 Å². The number of hydrogen-bond acceptors (Lipinski definition) is 4. The van der Waals surface area contributed by atoms with E-state index in [1.807, 2.05) is 53.4 Å². The van der Waals surface area contributed by atoms with Crippen molar-refractivity contribution < 1.29 is 14.3 Å². The maximum Gasteiger partial charge on any atom is 0.222 e. The van der Waals surface area contributed by atoms with Crippen LogP contribution in [0, 0.1) is 5.92 Å². The lowest BCUT2D eigenvalue weighted by Crippen LogP contribution is -2.49. The van der Waals surface area contributed by atoms with E-state index in [4.69, 9.17) is 21.1 Å². The smallest absolute Gasteiger partial charge is 0.222 e. The van der Waals surface area contributed by atoms with Crippen molar-refractivity contribution >= 4 is 17.5 Å². The van der Waals surface area contributed by atoms with Crippen LogP contribution in [0.2, 0.25) is 5.02 Å². The van der Waals surface area contributed by atoms with Crippen LogP contribution in [0.5, 0.6) is 5.75 Å². The molecule has 174 valence electrons. The Morgan fingerprint density at radius 3 is 2.44 bits per heavy atom. The number of rotatable bonds is 10. The molecule has 1 amide bonds. The average Bonchev–Trinajstić information content (AvgIpc) is 2.81. The molecule has 0 aromatic heterocycles. The minimum Gasteiger partial charge on any atom is -0.497 e. The lowest BCUT2D eigenvalue weighted by molar-refractivity contribution is -0.133. The first-order valence-corrected chi connectivity index (χ1v) is 11.8. The number of ether oxygens (including phenoxy) is 2. The topological polar surface area (TPSA) is 42.0 Å². The highest BCUT2D eigenvalue weighted by atomic mass is 35.5. The molecule has 0 N–H and O–H groups in total. The Labute approximate surface area is 197 Å². The van der Waals surface area contributed by atoms with Gasteiger partial charge in [0.15, 0.2) is 0 Å². The molecule has 0 aliphatic carbocycles. The summed E-state index contributed by atoms with van der Waals surface area (Å²) in [5, 5.41) is 0.717. The third-order valence-electron chi connectivity index (χ3n) is 5.91. The molecule has 2 aromatic carbocycles. The molecule has 0 saturated carbocycles. The summed E-state index contributed by atoms with van der Waals surface area (Å²) in [6.45, 7) is 8.87. The van der Waals surface area contributed by atoms with Gasteiger partial charge in [0.2, 0.25) is 5.91 Å². The van der Waals surface area contributed by atoms with Crippen LogP contribution in [0.25, 0.3) is 0 Å². The van der Waals surface area contributed by atoms with Crippen molar-refractivity contribution in [1.82, 2.24) is 9.80 Å². The quantitative estimate of drug-likeness (QED) is 0.491. The zero-order chi connectivity index (χ0) is 22.9. The van der Waals surface area contributed by atoms with Gasteiger partial charge in [0.25, 0.3) is 0 Å². The predicted octanol–water partition coefficient (Wildman–Crippen LogP) is 5.19. The monoisotopic (exact) mass is 458 g/mol. The van der Waals surface area contributed by atoms with E-state index >= 15 is 0 Å². The van der Waals surface area contributed by atoms with Gasteiger partial charge in [0.1, 0.15) is 5.75 Å². The Balaban J connectivity index is 1.59. The van der Waals surface area contributed by atoms with E-state index in [1.54, 1.807) is 7.11 Å². The lowest BCUT2D eigenvalue weighted by atomic mass is 10.1. The van der Waals surface area contributed by atoms with Gasteiger partial charge >= 0.3 is 0 Å². The number of halogens is 1. The SMILES string of the molecule is COc1cccc(CO[C@H](CN2CCN(C(=O)CCC(C)C)CC2)c2ccc(Cl)cc2)c1. The minimum atomic E-state index is -0.0818. The van der Waals surface area contributed by atoms with Gasteiger partial charge in [-0.3, -0.25) is 9.69 Å². The van der Waals surface area contributed by atoms with E-state index in [0.29, 0.717) is 24.0 Å². The van der Waals surface area contributed by atoms with Gasteiger partial charge < -0.3 is 14.4 Å². The molecule has 0 spiro atoms. The summed E-state index contributed by atoms with van der Waals surface area (Å²) in [5.41, 5.74) is 2.18. The van der Waals surface area contributed by atoms with E-state index in [0.717, 1.165) is 56.0 Å². The second-order valence-corrected chi connectivity index (χ2v) is 9.25. The van der Waals surface area contributed by atoms with E-state index in [2.05, 4.69) is 18.7 Å². The molecule has 6 heteroatoms. The fraction of sp³-hybridized carbons (Fsp3) is 0.500. The second-order valence-electron chi connectivity index (χ2n) is 8.82. The number of carbonyl (C=O) groups is 1. The summed E-state index contributed by atoms with van der Waals surface area (Å²) < 4.78 is 11.7. The summed E-state index contributed by atoms with van der Waals surface area (Å²) in [4.78, 5) is 16.8. The first-order chi connectivity index (χ1) is 15.4. The molecular weight excluding hydrogens is 424 g/mol. The third-order valence-corrected chi connectivity index (χ3v) is 6.16. The van der Waals surface area contributed by atoms with Crippen LogP contribution in [0.4, 0.5) is 0 Å². The maximum atomic E-state index is 12.5. The van der Waals surface area contributed by atoms with E-state index in [9.17, 15) is 4.79 Å². The first kappa shape index (κ1) is 24.6. The van der Waals surface area contributed by atoms with E-state index in [1.165, 1.54) is 0 Å². The maximum absolute atomic E-state index is 12.5. The summed E-state index contributed by atoms with van der Waals surface area (Å²) in [5.74, 6) is 1.66. The molecule has 1 atom stereocenters. The first-order valence-electron chi connectivity index (χ1n) is 11.4. The number of hydrogen-bond donors (Lipinski definition) is 0. The molecule has 1 saturated heterocycles. The van der Waals surface area contributed by atoms with Crippen LogP contribution in [0.1, 0.15) is 43.9 Å². The Hall–Kier alpha value is -2.08. The minimum absolute atomic E-state index is 0.0818. The van der Waals surface area contributed by atoms with Crippen LogP contribution in [0.15, 0.2) is 48.5 Å². The summed E-state index contributed by atoms with van der Waals surface area (Å²) in [6.07, 6.45) is 1.52. The highest BCUT2D eigenvalue weighted by molar-refractivity contribution is 6.30. The molecule has 5 nitrogen and oxygen atoms in total. The molecular formula is C26H35ClN2O3. The van der Waals surface area contributed by atoms with Gasteiger partial charge in [-0.2, -0.15) is 0 Å². The van der Waals surface area contributed by atoms with Crippen molar-refractivity contribution in [2.24, 2.45) is 5.92 Å². The van der Waals surface area contributed by atoms with Crippen LogP contribution < -0.4 is 4.74 Å². The van der Waals surface area contributed by atoms with Crippen LogP contribution in [-0.4, -0.2) is 55.5 Å². The van der Waals surface area contributed by atoms with Gasteiger partial charge in [0.05, 0.1) is 19.8 Å². The van der Waals surface area contributed by atoms with Gasteiger partial charge in [-0.1, -0.05) is 49.7 Å². The number of carbonyl (C=O) groups excluding carboxylic acids is 1. The summed E-state index contributed by atoms with van der Waals surface area (Å²) in [7, 11) is 1.67. The van der Waals surface area contributed by atoms with Crippen molar-refractivity contribution in [3.05, 3.63) is 64.7 Å². The molecule has 1 heterocycles. The number of nitrogens with zero attached hydrogens (tertiary/aromatic N) is 2. The number of piperazine rings is 1. The van der Waals surface area contributed by atoms with Gasteiger partial charge in [-0.05, 0) is 47.7 Å². The molecule has 1 fully saturated rings. The van der Waals surface area contributed by atoms with E-state index < -0.39 is 0 Å². The average molecular weight is 459 g/mol. The molecule has 2 aromatic rings. The number of methoxy groups -OCH3 is 1. The zero-order valence-corrected chi connectivity index (χ0v) is 20.2. The van der Waals surface area contributed by atoms with Gasteiger partial charge in [-0.15, -0.1) is 0 Å². The van der Waals surface area contributed by atoms with Crippen LogP contribution >= 0.6 is 11.6 Å². The Bertz CT molecular complexity index is 848. The van der Waals surface area contributed by atoms with Crippen molar-refractivity contribution in [2.45, 2.75) is 39.4 Å². The fourth-order valence-corrected chi connectivity index (χ4v) is 4.00. The second kappa shape index (κ2) is 12.2. The highest BCUT2D eigenvalue weighted by Crippen LogP contribution is 2.24. The van der Waals surface area contributed by atoms with Crippen molar-refractivity contribution in [3.63, 3.8) is 0 Å². The molecule has 0 unspecified atom stereocenters. The van der Waals surface area contributed by atoms with Crippen LogP contribution in [0.3, 0.4) is 0 Å². The Morgan fingerprint density at radius 1 is 1.06 bits per heavy atom. The highest BCUT2D eigenvalue weighted by Gasteiger charge is 2.24. The number of amides is 1. The van der Waals surface area contributed by atoms with Gasteiger partial charge in [0, 0.05) is 44.2 Å². The molecule has 0 radical (unpaired) electrons. The summed E-state index contributed by atoms with van der Waals surface area (Å²) in [6, 6.07) is 15.8. The summed E-state index contributed by atoms with van der Waals surface area (Å²) >= 11 is 6.10. The molecule has 1 aliphatic heterocycles. The number of benzene rings is 2. The molecule has 0 bridgehead atoms. The standard InChI is InChI=1S/C26H35ClN2O3/c1-20(2)7-12-26(30)29-15-13-28(14-16-29)18-25(22-8-10-23(27)11-9-22)32-19-21-5-4-6-24(17-21)31-3/h4-6,8-11,17,20,25H,7,12-16,18-19H2,1-3H3/t25-/m1/s1. The zero-order valence-electron chi connectivity index (χ0n) is 19.4. The fourth-order valence-electron chi connectivity index (χ4n) is 3.88.